The maximum absolute atomic E-state index is 12.2. The van der Waals surface area contributed by atoms with Gasteiger partial charge in [0.2, 0.25) is 11.8 Å². The van der Waals surface area contributed by atoms with E-state index in [1.807, 2.05) is 13.8 Å². The number of anilines is 1. The molecule has 0 aliphatic heterocycles. The van der Waals surface area contributed by atoms with Crippen molar-refractivity contribution in [2.24, 2.45) is 0 Å². The van der Waals surface area contributed by atoms with Crippen molar-refractivity contribution in [1.29, 1.82) is 0 Å². The third-order valence-electron chi connectivity index (χ3n) is 3.86. The first kappa shape index (κ1) is 20.1. The van der Waals surface area contributed by atoms with E-state index >= 15 is 0 Å². The molecule has 1 aromatic rings. The molecule has 2 amide bonds. The summed E-state index contributed by atoms with van der Waals surface area (Å²) >= 11 is 6.04. The number of hydrogen-bond donors (Lipinski definition) is 1. The van der Waals surface area contributed by atoms with Crippen molar-refractivity contribution in [2.75, 3.05) is 26.1 Å². The Morgan fingerprint density at radius 3 is 2.38 bits per heavy atom. The fraction of sp³-hybridized carbons (Fsp3) is 0.529. The molecule has 6 nitrogen and oxygen atoms in total. The standard InChI is InChI=1S/C17H25ClN2O4/c1-6-11(2)20(12(3)21)8-7-17(22)19-14-10-15(23-4)13(18)9-16(14)24-5/h9-11H,6-8H2,1-5H3,(H,19,22). The summed E-state index contributed by atoms with van der Waals surface area (Å²) in [5.74, 6) is 0.632. The van der Waals surface area contributed by atoms with Gasteiger partial charge in [0.05, 0.1) is 24.9 Å². The van der Waals surface area contributed by atoms with Crippen molar-refractivity contribution in [3.63, 3.8) is 0 Å². The van der Waals surface area contributed by atoms with Crippen LogP contribution in [0, 0.1) is 0 Å². The summed E-state index contributed by atoms with van der Waals surface area (Å²) < 4.78 is 10.4. The van der Waals surface area contributed by atoms with Gasteiger partial charge in [-0.2, -0.15) is 0 Å². The maximum atomic E-state index is 12.2. The minimum atomic E-state index is -0.216. The van der Waals surface area contributed by atoms with Gasteiger partial charge in [-0.05, 0) is 13.3 Å². The van der Waals surface area contributed by atoms with Crippen LogP contribution in [0.25, 0.3) is 0 Å². The Kier molecular flexibility index (Phi) is 7.85. The molecule has 1 N–H and O–H groups in total. The Hall–Kier alpha value is -1.95. The lowest BCUT2D eigenvalue weighted by molar-refractivity contribution is -0.131. The van der Waals surface area contributed by atoms with E-state index in [2.05, 4.69) is 5.32 Å². The average Bonchev–Trinajstić information content (AvgIpc) is 2.55. The Morgan fingerprint density at radius 1 is 1.25 bits per heavy atom. The molecule has 0 aliphatic carbocycles. The molecule has 1 atom stereocenters. The van der Waals surface area contributed by atoms with Crippen LogP contribution >= 0.6 is 11.6 Å². The van der Waals surface area contributed by atoms with Crippen molar-refractivity contribution < 1.29 is 19.1 Å². The molecule has 134 valence electrons. The molecular weight excluding hydrogens is 332 g/mol. The van der Waals surface area contributed by atoms with E-state index in [1.54, 1.807) is 17.0 Å². The molecule has 0 saturated heterocycles. The number of halogens is 1. The molecule has 0 radical (unpaired) electrons. The van der Waals surface area contributed by atoms with Crippen LogP contribution in [0.4, 0.5) is 5.69 Å². The Bertz CT molecular complexity index is 592. The SMILES string of the molecule is CCC(C)N(CCC(=O)Nc1cc(OC)c(Cl)cc1OC)C(C)=O. The van der Waals surface area contributed by atoms with E-state index in [1.165, 1.54) is 21.1 Å². The van der Waals surface area contributed by atoms with E-state index < -0.39 is 0 Å². The number of ether oxygens (including phenoxy) is 2. The number of carbonyl (C=O) groups is 2. The lowest BCUT2D eigenvalue weighted by Gasteiger charge is -2.27. The van der Waals surface area contributed by atoms with Crippen LogP contribution in [-0.2, 0) is 9.59 Å². The van der Waals surface area contributed by atoms with Gasteiger partial charge in [0.15, 0.2) is 0 Å². The molecular formula is C17H25ClN2O4. The van der Waals surface area contributed by atoms with Crippen molar-refractivity contribution in [3.05, 3.63) is 17.2 Å². The number of rotatable bonds is 8. The van der Waals surface area contributed by atoms with Crippen LogP contribution in [0.1, 0.15) is 33.6 Å². The number of nitrogens with one attached hydrogen (secondary N) is 1. The molecule has 1 rings (SSSR count). The third kappa shape index (κ3) is 5.30. The minimum absolute atomic E-state index is 0.0390. The molecule has 0 bridgehead atoms. The van der Waals surface area contributed by atoms with Crippen LogP contribution in [-0.4, -0.2) is 43.5 Å². The number of amides is 2. The highest BCUT2D eigenvalue weighted by Gasteiger charge is 2.17. The molecule has 0 aromatic heterocycles. The maximum Gasteiger partial charge on any atom is 0.226 e. The fourth-order valence-corrected chi connectivity index (χ4v) is 2.53. The molecule has 0 aliphatic rings. The van der Waals surface area contributed by atoms with Gasteiger partial charge in [-0.1, -0.05) is 18.5 Å². The largest absolute Gasteiger partial charge is 0.495 e. The van der Waals surface area contributed by atoms with E-state index in [9.17, 15) is 9.59 Å². The summed E-state index contributed by atoms with van der Waals surface area (Å²) in [6.45, 7) is 5.85. The first-order chi connectivity index (χ1) is 11.3. The van der Waals surface area contributed by atoms with E-state index in [0.717, 1.165) is 6.42 Å². The van der Waals surface area contributed by atoms with E-state index in [0.29, 0.717) is 28.8 Å². The van der Waals surface area contributed by atoms with Gasteiger partial charge in [0.25, 0.3) is 0 Å². The summed E-state index contributed by atoms with van der Waals surface area (Å²) in [6.07, 6.45) is 1.03. The Balaban J connectivity index is 2.79. The third-order valence-corrected chi connectivity index (χ3v) is 4.15. The summed E-state index contributed by atoms with van der Waals surface area (Å²) in [5, 5.41) is 3.17. The predicted molar refractivity (Wildman–Crippen MR) is 94.9 cm³/mol. The van der Waals surface area contributed by atoms with Crippen LogP contribution in [0.3, 0.4) is 0 Å². The smallest absolute Gasteiger partial charge is 0.226 e. The van der Waals surface area contributed by atoms with E-state index in [-0.39, 0.29) is 24.3 Å². The molecule has 0 spiro atoms. The zero-order valence-corrected chi connectivity index (χ0v) is 15.6. The Labute approximate surface area is 148 Å². The second-order valence-electron chi connectivity index (χ2n) is 5.45. The fourth-order valence-electron chi connectivity index (χ4n) is 2.30. The normalized spacial score (nSPS) is 11.6. The van der Waals surface area contributed by atoms with Gasteiger partial charge in [0, 0.05) is 38.1 Å². The molecule has 24 heavy (non-hydrogen) atoms. The number of nitrogens with zero attached hydrogens (tertiary/aromatic N) is 1. The number of benzene rings is 1. The van der Waals surface area contributed by atoms with Crippen molar-refractivity contribution in [1.82, 2.24) is 4.90 Å². The zero-order chi connectivity index (χ0) is 18.3. The molecule has 0 fully saturated rings. The van der Waals surface area contributed by atoms with Gasteiger partial charge < -0.3 is 19.7 Å². The first-order valence-electron chi connectivity index (χ1n) is 7.82. The van der Waals surface area contributed by atoms with Gasteiger partial charge in [-0.15, -0.1) is 0 Å². The van der Waals surface area contributed by atoms with Crippen molar-refractivity contribution in [2.45, 2.75) is 39.7 Å². The molecule has 1 unspecified atom stereocenters. The highest BCUT2D eigenvalue weighted by atomic mass is 35.5. The van der Waals surface area contributed by atoms with Gasteiger partial charge in [-0.3, -0.25) is 9.59 Å². The molecule has 7 heteroatoms. The van der Waals surface area contributed by atoms with Crippen molar-refractivity contribution in [3.8, 4) is 11.5 Å². The topological polar surface area (TPSA) is 67.9 Å². The minimum Gasteiger partial charge on any atom is -0.495 e. The first-order valence-corrected chi connectivity index (χ1v) is 8.20. The van der Waals surface area contributed by atoms with Gasteiger partial charge in [-0.25, -0.2) is 0 Å². The lowest BCUT2D eigenvalue weighted by Crippen LogP contribution is -2.38. The summed E-state index contributed by atoms with van der Waals surface area (Å²) in [4.78, 5) is 25.6. The molecule has 0 heterocycles. The highest BCUT2D eigenvalue weighted by Crippen LogP contribution is 2.35. The van der Waals surface area contributed by atoms with Crippen LogP contribution < -0.4 is 14.8 Å². The number of hydrogen-bond acceptors (Lipinski definition) is 4. The average molecular weight is 357 g/mol. The number of carbonyl (C=O) groups excluding carboxylic acids is 2. The second-order valence-corrected chi connectivity index (χ2v) is 5.86. The quantitative estimate of drug-likeness (QED) is 0.775. The van der Waals surface area contributed by atoms with Crippen molar-refractivity contribution >= 4 is 29.1 Å². The lowest BCUT2D eigenvalue weighted by atomic mass is 10.2. The molecule has 1 aromatic carbocycles. The zero-order valence-electron chi connectivity index (χ0n) is 14.8. The van der Waals surface area contributed by atoms with E-state index in [4.69, 9.17) is 21.1 Å². The van der Waals surface area contributed by atoms with Crippen LogP contribution in [0.2, 0.25) is 5.02 Å². The predicted octanol–water partition coefficient (Wildman–Crippen LogP) is 3.33. The number of methoxy groups -OCH3 is 2. The summed E-state index contributed by atoms with van der Waals surface area (Å²) in [7, 11) is 2.99. The molecule has 0 saturated carbocycles. The van der Waals surface area contributed by atoms with Gasteiger partial charge in [0.1, 0.15) is 11.5 Å². The summed E-state index contributed by atoms with van der Waals surface area (Å²) in [6, 6.07) is 3.29. The Morgan fingerprint density at radius 2 is 1.88 bits per heavy atom. The second kappa shape index (κ2) is 9.37. The monoisotopic (exact) mass is 356 g/mol. The van der Waals surface area contributed by atoms with Crippen LogP contribution in [0.5, 0.6) is 11.5 Å². The van der Waals surface area contributed by atoms with Gasteiger partial charge >= 0.3 is 0 Å². The summed E-state index contributed by atoms with van der Waals surface area (Å²) in [5.41, 5.74) is 0.474. The highest BCUT2D eigenvalue weighted by molar-refractivity contribution is 6.32. The van der Waals surface area contributed by atoms with Crippen LogP contribution in [0.15, 0.2) is 12.1 Å².